The van der Waals surface area contributed by atoms with Crippen LogP contribution in [0.3, 0.4) is 0 Å². The van der Waals surface area contributed by atoms with Gasteiger partial charge in [-0.25, -0.2) is 4.39 Å². The van der Waals surface area contributed by atoms with Gasteiger partial charge in [0.1, 0.15) is 5.82 Å². The first kappa shape index (κ1) is 21.9. The van der Waals surface area contributed by atoms with Crippen LogP contribution in [0.4, 0.5) is 4.39 Å². The average molecular weight is 359 g/mol. The molecule has 2 N–H and O–H groups in total. The maximum atomic E-state index is 13.7. The van der Waals surface area contributed by atoms with Gasteiger partial charge in [-0.15, -0.1) is 13.2 Å². The number of hydrogen-bond donors (Lipinski definition) is 2. The average Bonchev–Trinajstić information content (AvgIpc) is 2.71. The van der Waals surface area contributed by atoms with Gasteiger partial charge < -0.3 is 15.3 Å². The van der Waals surface area contributed by atoms with Crippen molar-refractivity contribution in [2.45, 2.75) is 26.0 Å². The number of benzene rings is 1. The van der Waals surface area contributed by atoms with Gasteiger partial charge in [0.25, 0.3) is 0 Å². The van der Waals surface area contributed by atoms with Crippen molar-refractivity contribution in [1.82, 2.24) is 10.2 Å². The zero-order valence-corrected chi connectivity index (χ0v) is 16.0. The molecule has 1 aliphatic heterocycles. The molecular formula is C22H31FN2O. The number of rotatable bonds is 5. The molecule has 0 aliphatic carbocycles. The number of aliphatic hydroxyl groups is 1. The minimum absolute atomic E-state index is 0.288. The lowest BCUT2D eigenvalue weighted by molar-refractivity contribution is 0.0793. The van der Waals surface area contributed by atoms with Gasteiger partial charge in [0.05, 0.1) is 12.1 Å². The molecule has 1 aromatic rings. The van der Waals surface area contributed by atoms with Gasteiger partial charge >= 0.3 is 0 Å². The van der Waals surface area contributed by atoms with Crippen molar-refractivity contribution in [3.63, 3.8) is 0 Å². The summed E-state index contributed by atoms with van der Waals surface area (Å²) in [5.74, 6) is 0.0219. The summed E-state index contributed by atoms with van der Waals surface area (Å²) >= 11 is 0. The van der Waals surface area contributed by atoms with E-state index in [-0.39, 0.29) is 11.9 Å². The van der Waals surface area contributed by atoms with Crippen molar-refractivity contribution in [2.24, 2.45) is 5.92 Å². The monoisotopic (exact) mass is 358 g/mol. The van der Waals surface area contributed by atoms with Crippen LogP contribution in [-0.2, 0) is 0 Å². The van der Waals surface area contributed by atoms with E-state index in [0.29, 0.717) is 19.0 Å². The van der Waals surface area contributed by atoms with Gasteiger partial charge in [0.15, 0.2) is 0 Å². The first-order valence-electron chi connectivity index (χ1n) is 8.88. The smallest absolute Gasteiger partial charge is 0.123 e. The van der Waals surface area contributed by atoms with E-state index in [1.165, 1.54) is 17.7 Å². The zero-order chi connectivity index (χ0) is 19.5. The Labute approximate surface area is 157 Å². The SMILES string of the molecule is C=C.CNC[C@@H](O)[C@H](c1cccc(F)c1)N1/C=C\C(C)/C(C)=C\C=C/C1. The fourth-order valence-electron chi connectivity index (χ4n) is 2.86. The van der Waals surface area contributed by atoms with Crippen LogP contribution in [0.1, 0.15) is 25.5 Å². The highest BCUT2D eigenvalue weighted by Gasteiger charge is 2.25. The second-order valence-electron chi connectivity index (χ2n) is 6.29. The Kier molecular flexibility index (Phi) is 9.63. The molecule has 1 aliphatic rings. The van der Waals surface area contributed by atoms with Crippen LogP contribution in [0, 0.1) is 11.7 Å². The van der Waals surface area contributed by atoms with Gasteiger partial charge in [0, 0.05) is 13.1 Å². The van der Waals surface area contributed by atoms with Gasteiger partial charge in [-0.1, -0.05) is 48.9 Å². The Morgan fingerprint density at radius 2 is 2.12 bits per heavy atom. The van der Waals surface area contributed by atoms with E-state index in [9.17, 15) is 9.50 Å². The quantitative estimate of drug-likeness (QED) is 0.774. The highest BCUT2D eigenvalue weighted by Crippen LogP contribution is 2.27. The molecular weight excluding hydrogens is 327 g/mol. The van der Waals surface area contributed by atoms with Crippen LogP contribution in [0.15, 0.2) is 73.5 Å². The predicted molar refractivity (Wildman–Crippen MR) is 108 cm³/mol. The van der Waals surface area contributed by atoms with Crippen LogP contribution >= 0.6 is 0 Å². The molecule has 0 aromatic heterocycles. The molecule has 0 radical (unpaired) electrons. The van der Waals surface area contributed by atoms with E-state index in [1.807, 2.05) is 18.3 Å². The summed E-state index contributed by atoms with van der Waals surface area (Å²) in [4.78, 5) is 2.07. The first-order valence-corrected chi connectivity index (χ1v) is 8.88. The largest absolute Gasteiger partial charge is 0.389 e. The van der Waals surface area contributed by atoms with Gasteiger partial charge in [0.2, 0.25) is 0 Å². The molecule has 2 rings (SSSR count). The normalized spacial score (nSPS) is 23.8. The Bertz CT molecular complexity index is 639. The van der Waals surface area contributed by atoms with Crippen molar-refractivity contribution in [1.29, 1.82) is 0 Å². The molecule has 0 saturated heterocycles. The fourth-order valence-corrected chi connectivity index (χ4v) is 2.86. The Morgan fingerprint density at radius 3 is 2.77 bits per heavy atom. The maximum Gasteiger partial charge on any atom is 0.123 e. The Hall–Kier alpha value is -2.17. The summed E-state index contributed by atoms with van der Waals surface area (Å²) in [6.07, 6.45) is 9.70. The Balaban J connectivity index is 0.00000163. The topological polar surface area (TPSA) is 35.5 Å². The number of allylic oxidation sites excluding steroid dienone is 4. The van der Waals surface area contributed by atoms with Gasteiger partial charge in [-0.05, 0) is 43.8 Å². The molecule has 0 fully saturated rings. The van der Waals surface area contributed by atoms with Crippen molar-refractivity contribution in [2.75, 3.05) is 20.1 Å². The predicted octanol–water partition coefficient (Wildman–Crippen LogP) is 4.22. The molecule has 1 heterocycles. The molecule has 1 aromatic carbocycles. The van der Waals surface area contributed by atoms with Crippen molar-refractivity contribution >= 4 is 0 Å². The summed E-state index contributed by atoms with van der Waals surface area (Å²) in [5, 5.41) is 13.7. The lowest BCUT2D eigenvalue weighted by Gasteiger charge is -2.34. The minimum atomic E-state index is -0.653. The van der Waals surface area contributed by atoms with Crippen LogP contribution < -0.4 is 5.32 Å². The maximum absolute atomic E-state index is 13.7. The highest BCUT2D eigenvalue weighted by atomic mass is 19.1. The van der Waals surface area contributed by atoms with Crippen LogP contribution in [-0.4, -0.2) is 36.2 Å². The van der Waals surface area contributed by atoms with Gasteiger partial charge in [-0.2, -0.15) is 0 Å². The van der Waals surface area contributed by atoms with Crippen molar-refractivity contribution in [3.8, 4) is 0 Å². The van der Waals surface area contributed by atoms with E-state index in [1.54, 1.807) is 13.1 Å². The van der Waals surface area contributed by atoms with E-state index < -0.39 is 6.10 Å². The summed E-state index contributed by atoms with van der Waals surface area (Å²) < 4.78 is 13.7. The number of hydrogen-bond acceptors (Lipinski definition) is 3. The number of nitrogens with zero attached hydrogens (tertiary/aromatic N) is 1. The molecule has 0 bridgehead atoms. The molecule has 26 heavy (non-hydrogen) atoms. The van der Waals surface area contributed by atoms with Crippen LogP contribution in [0.2, 0.25) is 0 Å². The number of likely N-dealkylation sites (N-methyl/N-ethyl adjacent to an activating group) is 1. The molecule has 1 unspecified atom stereocenters. The van der Waals surface area contributed by atoms with Crippen LogP contribution in [0.5, 0.6) is 0 Å². The number of halogens is 1. The fraction of sp³-hybridized carbons (Fsp3) is 0.364. The van der Waals surface area contributed by atoms with E-state index >= 15 is 0 Å². The standard InChI is InChI=1S/C20H27FN2O.C2H4/c1-15-7-4-5-11-23(12-10-16(15)2)20(19(24)14-22-3)17-8-6-9-18(21)13-17;1-2/h4-10,12-13,16,19-20,22,24H,11,14H2,1-3H3;1-2H2/b5-4-,12-10-,15-7-;/t16?,19-,20+;/m1./s1. The second-order valence-corrected chi connectivity index (χ2v) is 6.29. The first-order chi connectivity index (χ1) is 12.5. The summed E-state index contributed by atoms with van der Waals surface area (Å²) in [7, 11) is 1.80. The lowest BCUT2D eigenvalue weighted by atomic mass is 9.98. The highest BCUT2D eigenvalue weighted by molar-refractivity contribution is 5.24. The molecule has 0 spiro atoms. The third-order valence-corrected chi connectivity index (χ3v) is 4.42. The molecule has 0 amide bonds. The lowest BCUT2D eigenvalue weighted by Crippen LogP contribution is -2.38. The van der Waals surface area contributed by atoms with E-state index in [4.69, 9.17) is 0 Å². The summed E-state index contributed by atoms with van der Waals surface area (Å²) in [6, 6.07) is 6.16. The molecule has 4 heteroatoms. The molecule has 0 saturated carbocycles. The third kappa shape index (κ3) is 6.28. The number of nitrogens with one attached hydrogen (secondary N) is 1. The summed E-state index contributed by atoms with van der Waals surface area (Å²) in [5.41, 5.74) is 2.05. The number of aliphatic hydroxyl groups excluding tert-OH is 1. The Morgan fingerprint density at radius 1 is 1.38 bits per heavy atom. The summed E-state index contributed by atoms with van der Waals surface area (Å²) in [6.45, 7) is 11.3. The third-order valence-electron chi connectivity index (χ3n) is 4.42. The molecule has 3 atom stereocenters. The van der Waals surface area contributed by atoms with Gasteiger partial charge in [-0.3, -0.25) is 0 Å². The second kappa shape index (κ2) is 11.4. The molecule has 3 nitrogen and oxygen atoms in total. The van der Waals surface area contributed by atoms with Crippen LogP contribution in [0.25, 0.3) is 0 Å². The van der Waals surface area contributed by atoms with Crippen molar-refractivity contribution in [3.05, 3.63) is 84.9 Å². The minimum Gasteiger partial charge on any atom is -0.389 e. The van der Waals surface area contributed by atoms with E-state index in [0.717, 1.165) is 5.56 Å². The molecule has 142 valence electrons. The van der Waals surface area contributed by atoms with E-state index in [2.05, 4.69) is 55.5 Å². The van der Waals surface area contributed by atoms with Crippen molar-refractivity contribution < 1.29 is 9.50 Å². The zero-order valence-electron chi connectivity index (χ0n) is 16.0.